The van der Waals surface area contributed by atoms with E-state index < -0.39 is 32.9 Å². The summed E-state index contributed by atoms with van der Waals surface area (Å²) in [5, 5.41) is 14.1. The van der Waals surface area contributed by atoms with Crippen molar-refractivity contribution in [2.75, 3.05) is 17.7 Å². The summed E-state index contributed by atoms with van der Waals surface area (Å²) in [7, 11) is -2.30. The van der Waals surface area contributed by atoms with E-state index in [1.54, 1.807) is 14.0 Å². The van der Waals surface area contributed by atoms with E-state index in [-0.39, 0.29) is 23.7 Å². The SMILES string of the molecule is CC[C@H](C(=O)N[C@@H](C)c1cc(C(C)C)c(OC)cc1C)N(c1cccc([N+](=O)[O-])c1)S(C)(=O)=O. The minimum absolute atomic E-state index is 0.0640. The third-order valence-electron chi connectivity index (χ3n) is 5.69. The smallest absolute Gasteiger partial charge is 0.271 e. The molecule has 1 amide bonds. The summed E-state index contributed by atoms with van der Waals surface area (Å²) < 4.78 is 31.8. The molecule has 2 rings (SSSR count). The minimum Gasteiger partial charge on any atom is -0.496 e. The summed E-state index contributed by atoms with van der Waals surface area (Å²) in [6.07, 6.45) is 1.15. The number of methoxy groups -OCH3 is 1. The predicted molar refractivity (Wildman–Crippen MR) is 133 cm³/mol. The molecule has 2 aromatic carbocycles. The van der Waals surface area contributed by atoms with Crippen LogP contribution in [-0.4, -0.2) is 38.7 Å². The van der Waals surface area contributed by atoms with E-state index in [2.05, 4.69) is 19.2 Å². The third kappa shape index (κ3) is 6.05. The first-order valence-electron chi connectivity index (χ1n) is 11.0. The molecule has 0 aliphatic carbocycles. The Balaban J connectivity index is 2.43. The molecule has 0 aliphatic rings. The lowest BCUT2D eigenvalue weighted by Gasteiger charge is -2.31. The zero-order chi connectivity index (χ0) is 25.8. The standard InChI is InChI=1S/C24H33N3O6S/c1-8-22(26(34(7,31)32)18-10-9-11-19(13-18)27(29)30)24(28)25-17(5)21-14-20(15(2)3)23(33-6)12-16(21)4/h9-15,17,22H,8H2,1-7H3,(H,25,28)/t17-,22+/m0/s1. The van der Waals surface area contributed by atoms with Crippen LogP contribution in [0.4, 0.5) is 11.4 Å². The van der Waals surface area contributed by atoms with Crippen molar-refractivity contribution in [2.24, 2.45) is 0 Å². The summed E-state index contributed by atoms with van der Waals surface area (Å²) in [5.74, 6) is 0.485. The Hall–Kier alpha value is -3.14. The molecular weight excluding hydrogens is 458 g/mol. The second kappa shape index (κ2) is 10.9. The monoisotopic (exact) mass is 491 g/mol. The Morgan fingerprint density at radius 1 is 1.18 bits per heavy atom. The van der Waals surface area contributed by atoms with Gasteiger partial charge in [-0.2, -0.15) is 0 Å². The first-order chi connectivity index (χ1) is 15.8. The molecule has 0 bridgehead atoms. The first kappa shape index (κ1) is 27.1. The molecule has 0 saturated carbocycles. The van der Waals surface area contributed by atoms with Crippen molar-refractivity contribution in [1.82, 2.24) is 5.32 Å². The van der Waals surface area contributed by atoms with Gasteiger partial charge in [0.15, 0.2) is 0 Å². The molecule has 186 valence electrons. The fraction of sp³-hybridized carbons (Fsp3) is 0.458. The van der Waals surface area contributed by atoms with Gasteiger partial charge in [-0.25, -0.2) is 8.42 Å². The molecule has 0 spiro atoms. The molecule has 0 unspecified atom stereocenters. The van der Waals surface area contributed by atoms with Crippen molar-refractivity contribution >= 4 is 27.3 Å². The van der Waals surface area contributed by atoms with Crippen molar-refractivity contribution in [3.05, 3.63) is 63.2 Å². The van der Waals surface area contributed by atoms with Crippen LogP contribution in [-0.2, 0) is 14.8 Å². The topological polar surface area (TPSA) is 119 Å². The number of carbonyl (C=O) groups excluding carboxylic acids is 1. The highest BCUT2D eigenvalue weighted by Crippen LogP contribution is 2.32. The number of nitro groups is 1. The normalized spacial score (nSPS) is 13.3. The van der Waals surface area contributed by atoms with E-state index in [9.17, 15) is 23.3 Å². The quantitative estimate of drug-likeness (QED) is 0.387. The number of anilines is 1. The largest absolute Gasteiger partial charge is 0.496 e. The highest BCUT2D eigenvalue weighted by Gasteiger charge is 2.33. The van der Waals surface area contributed by atoms with Crippen LogP contribution in [0.5, 0.6) is 5.75 Å². The number of carbonyl (C=O) groups is 1. The number of rotatable bonds is 10. The molecule has 9 nitrogen and oxygen atoms in total. The van der Waals surface area contributed by atoms with E-state index in [1.165, 1.54) is 18.2 Å². The number of aryl methyl sites for hydroxylation is 1. The molecule has 0 saturated heterocycles. The van der Waals surface area contributed by atoms with Crippen LogP contribution in [0.2, 0.25) is 0 Å². The molecule has 10 heteroatoms. The molecule has 0 aromatic heterocycles. The molecule has 0 fully saturated rings. The minimum atomic E-state index is -3.92. The maximum absolute atomic E-state index is 13.3. The van der Waals surface area contributed by atoms with Crippen molar-refractivity contribution in [3.63, 3.8) is 0 Å². The zero-order valence-corrected chi connectivity index (χ0v) is 21.5. The Morgan fingerprint density at radius 2 is 1.82 bits per heavy atom. The highest BCUT2D eigenvalue weighted by molar-refractivity contribution is 7.92. The van der Waals surface area contributed by atoms with Crippen LogP contribution in [0.25, 0.3) is 0 Å². The van der Waals surface area contributed by atoms with E-state index in [0.29, 0.717) is 0 Å². The van der Waals surface area contributed by atoms with Crippen molar-refractivity contribution in [3.8, 4) is 5.75 Å². The van der Waals surface area contributed by atoms with Gasteiger partial charge in [0.1, 0.15) is 11.8 Å². The number of benzene rings is 2. The molecule has 0 heterocycles. The average Bonchev–Trinajstić information content (AvgIpc) is 2.75. The van der Waals surface area contributed by atoms with E-state index in [1.807, 2.05) is 26.0 Å². The van der Waals surface area contributed by atoms with Crippen LogP contribution >= 0.6 is 0 Å². The van der Waals surface area contributed by atoms with Gasteiger partial charge in [-0.15, -0.1) is 0 Å². The summed E-state index contributed by atoms with van der Waals surface area (Å²) in [6, 6.07) is 7.70. The first-order valence-corrected chi connectivity index (χ1v) is 12.9. The van der Waals surface area contributed by atoms with E-state index in [4.69, 9.17) is 4.74 Å². The maximum atomic E-state index is 13.3. The number of nitrogens with zero attached hydrogens (tertiary/aromatic N) is 2. The molecule has 2 aromatic rings. The summed E-state index contributed by atoms with van der Waals surface area (Å²) in [6.45, 7) is 9.56. The third-order valence-corrected chi connectivity index (χ3v) is 6.87. The predicted octanol–water partition coefficient (Wildman–Crippen LogP) is 4.46. The van der Waals surface area contributed by atoms with Crippen LogP contribution in [0.15, 0.2) is 36.4 Å². The van der Waals surface area contributed by atoms with Crippen LogP contribution in [0.3, 0.4) is 0 Å². The lowest BCUT2D eigenvalue weighted by Crippen LogP contribution is -2.49. The summed E-state index contributed by atoms with van der Waals surface area (Å²) in [4.78, 5) is 23.9. The van der Waals surface area contributed by atoms with Gasteiger partial charge in [0.25, 0.3) is 5.69 Å². The number of nitrogens with one attached hydrogen (secondary N) is 1. The van der Waals surface area contributed by atoms with E-state index >= 15 is 0 Å². The van der Waals surface area contributed by atoms with Gasteiger partial charge in [-0.05, 0) is 61.1 Å². The van der Waals surface area contributed by atoms with Gasteiger partial charge in [0.2, 0.25) is 15.9 Å². The van der Waals surface area contributed by atoms with Crippen molar-refractivity contribution in [1.29, 1.82) is 0 Å². The molecule has 0 aliphatic heterocycles. The molecular formula is C24H33N3O6S. The number of hydrogen-bond acceptors (Lipinski definition) is 6. The molecule has 0 radical (unpaired) electrons. The van der Waals surface area contributed by atoms with Crippen molar-refractivity contribution < 1.29 is 22.9 Å². The van der Waals surface area contributed by atoms with Gasteiger partial charge in [-0.1, -0.05) is 26.8 Å². The zero-order valence-electron chi connectivity index (χ0n) is 20.7. The second-order valence-corrected chi connectivity index (χ2v) is 10.5. The van der Waals surface area contributed by atoms with Crippen molar-refractivity contribution in [2.45, 2.75) is 59.0 Å². The van der Waals surface area contributed by atoms with Crippen LogP contribution < -0.4 is 14.4 Å². The summed E-state index contributed by atoms with van der Waals surface area (Å²) in [5.41, 5.74) is 2.64. The number of non-ortho nitro benzene ring substituents is 1. The van der Waals surface area contributed by atoms with Gasteiger partial charge in [0, 0.05) is 12.1 Å². The Morgan fingerprint density at radius 3 is 2.32 bits per heavy atom. The van der Waals surface area contributed by atoms with E-state index in [0.717, 1.165) is 39.1 Å². The lowest BCUT2D eigenvalue weighted by molar-refractivity contribution is -0.384. The molecule has 34 heavy (non-hydrogen) atoms. The van der Waals surface area contributed by atoms with Gasteiger partial charge >= 0.3 is 0 Å². The fourth-order valence-corrected chi connectivity index (χ4v) is 5.21. The Labute approximate surface area is 201 Å². The summed E-state index contributed by atoms with van der Waals surface area (Å²) >= 11 is 0. The average molecular weight is 492 g/mol. The number of hydrogen-bond donors (Lipinski definition) is 1. The fourth-order valence-electron chi connectivity index (χ4n) is 4.00. The number of sulfonamides is 1. The van der Waals surface area contributed by atoms with Gasteiger partial charge < -0.3 is 10.1 Å². The highest BCUT2D eigenvalue weighted by atomic mass is 32.2. The lowest BCUT2D eigenvalue weighted by atomic mass is 9.93. The number of ether oxygens (including phenoxy) is 1. The van der Waals surface area contributed by atoms with Crippen LogP contribution in [0.1, 0.15) is 62.8 Å². The Kier molecular flexibility index (Phi) is 8.66. The number of nitro benzene ring substituents is 1. The maximum Gasteiger partial charge on any atom is 0.271 e. The van der Waals surface area contributed by atoms with Gasteiger partial charge in [-0.3, -0.25) is 19.2 Å². The molecule has 1 N–H and O–H groups in total. The van der Waals surface area contributed by atoms with Crippen LogP contribution in [0, 0.1) is 17.0 Å². The Bertz CT molecular complexity index is 1160. The number of amides is 1. The second-order valence-electron chi connectivity index (χ2n) is 8.60. The molecule has 2 atom stereocenters. The van der Waals surface area contributed by atoms with Gasteiger partial charge in [0.05, 0.1) is 30.0 Å².